The molecule has 1 saturated heterocycles. The van der Waals surface area contributed by atoms with Crippen LogP contribution in [-0.2, 0) is 21.4 Å². The average Bonchev–Trinajstić information content (AvgIpc) is 3.27. The van der Waals surface area contributed by atoms with E-state index < -0.39 is 20.6 Å². The van der Waals surface area contributed by atoms with Gasteiger partial charge < -0.3 is 13.9 Å². The van der Waals surface area contributed by atoms with Gasteiger partial charge in [-0.2, -0.15) is 4.31 Å². The Kier molecular flexibility index (Phi) is 6.42. The van der Waals surface area contributed by atoms with Crippen LogP contribution in [0.4, 0.5) is 5.69 Å². The van der Waals surface area contributed by atoms with Crippen LogP contribution < -0.4 is 4.74 Å². The largest absolute Gasteiger partial charge is 0.480 e. The van der Waals surface area contributed by atoms with E-state index in [1.165, 1.54) is 22.7 Å². The molecule has 32 heavy (non-hydrogen) atoms. The van der Waals surface area contributed by atoms with Gasteiger partial charge in [0.2, 0.25) is 15.9 Å². The fourth-order valence-corrected chi connectivity index (χ4v) is 4.79. The Morgan fingerprint density at radius 2 is 1.94 bits per heavy atom. The van der Waals surface area contributed by atoms with Crippen molar-refractivity contribution in [3.05, 3.63) is 69.6 Å². The van der Waals surface area contributed by atoms with E-state index in [0.29, 0.717) is 16.3 Å². The predicted octanol–water partition coefficient (Wildman–Crippen LogP) is 3.50. The molecule has 1 aromatic heterocycles. The number of aromatic nitrogens is 1. The Labute approximate surface area is 188 Å². The topological polar surface area (TPSA) is 125 Å². The Bertz CT molecular complexity index is 1240. The lowest BCUT2D eigenvalue weighted by Gasteiger charge is -2.26. The fraction of sp³-hybridized carbons (Fsp3) is 0.250. The smallest absolute Gasteiger partial charge is 0.312 e. The van der Waals surface area contributed by atoms with Gasteiger partial charge in [-0.05, 0) is 24.3 Å². The van der Waals surface area contributed by atoms with Gasteiger partial charge in [0.05, 0.1) is 33.6 Å². The van der Waals surface area contributed by atoms with E-state index in [2.05, 4.69) is 4.98 Å². The Morgan fingerprint density at radius 1 is 1.19 bits per heavy atom. The SMILES string of the molecule is O=[N+]([O-])c1cc(S(=O)(=O)N2CCOCC2)ccc1OCc1coc(-c2ccccc2Cl)n1. The van der Waals surface area contributed by atoms with Gasteiger partial charge in [0.25, 0.3) is 0 Å². The molecule has 1 aliphatic heterocycles. The third kappa shape index (κ3) is 4.60. The van der Waals surface area contributed by atoms with Crippen LogP contribution in [0.2, 0.25) is 5.02 Å². The molecule has 0 atom stereocenters. The number of ether oxygens (including phenoxy) is 2. The molecule has 0 saturated carbocycles. The zero-order chi connectivity index (χ0) is 22.7. The molecule has 3 aromatic rings. The minimum atomic E-state index is -3.88. The first-order chi connectivity index (χ1) is 15.4. The lowest BCUT2D eigenvalue weighted by Crippen LogP contribution is -2.40. The van der Waals surface area contributed by atoms with E-state index in [4.69, 9.17) is 25.5 Å². The third-order valence-electron chi connectivity index (χ3n) is 4.77. The van der Waals surface area contributed by atoms with Gasteiger partial charge in [-0.25, -0.2) is 13.4 Å². The summed E-state index contributed by atoms with van der Waals surface area (Å²) in [5.41, 5.74) is 0.525. The van der Waals surface area contributed by atoms with Crippen molar-refractivity contribution in [1.29, 1.82) is 0 Å². The van der Waals surface area contributed by atoms with Crippen LogP contribution in [0.25, 0.3) is 11.5 Å². The van der Waals surface area contributed by atoms with Crippen molar-refractivity contribution in [1.82, 2.24) is 9.29 Å². The number of oxazole rings is 1. The van der Waals surface area contributed by atoms with Crippen molar-refractivity contribution in [2.75, 3.05) is 26.3 Å². The van der Waals surface area contributed by atoms with Crippen LogP contribution in [0.5, 0.6) is 5.75 Å². The molecule has 0 bridgehead atoms. The van der Waals surface area contributed by atoms with Crippen molar-refractivity contribution in [3.8, 4) is 17.2 Å². The second-order valence-corrected chi connectivity index (χ2v) is 9.16. The van der Waals surface area contributed by atoms with Crippen LogP contribution in [0.1, 0.15) is 5.69 Å². The summed E-state index contributed by atoms with van der Waals surface area (Å²) in [5, 5.41) is 12.0. The lowest BCUT2D eigenvalue weighted by molar-refractivity contribution is -0.386. The average molecular weight is 480 g/mol. The monoisotopic (exact) mass is 479 g/mol. The summed E-state index contributed by atoms with van der Waals surface area (Å²) in [5.74, 6) is 0.203. The first-order valence-corrected chi connectivity index (χ1v) is 11.4. The number of halogens is 1. The second kappa shape index (κ2) is 9.25. The highest BCUT2D eigenvalue weighted by Crippen LogP contribution is 2.32. The molecule has 0 spiro atoms. The summed E-state index contributed by atoms with van der Waals surface area (Å²) < 4.78 is 43.0. The maximum Gasteiger partial charge on any atom is 0.312 e. The minimum Gasteiger partial charge on any atom is -0.480 e. The molecule has 0 aliphatic carbocycles. The molecule has 0 radical (unpaired) electrons. The van der Waals surface area contributed by atoms with Crippen molar-refractivity contribution in [2.24, 2.45) is 0 Å². The standard InChI is InChI=1S/C20H18ClN3O7S/c21-17-4-2-1-3-16(17)20-22-14(13-31-20)12-30-19-6-5-15(11-18(19)24(25)26)32(27,28)23-7-9-29-10-8-23/h1-6,11,13H,7-10,12H2. The van der Waals surface area contributed by atoms with Gasteiger partial charge >= 0.3 is 5.69 Å². The molecular formula is C20H18ClN3O7S. The van der Waals surface area contributed by atoms with Crippen molar-refractivity contribution >= 4 is 27.3 Å². The molecular weight excluding hydrogens is 462 g/mol. The molecule has 0 amide bonds. The summed E-state index contributed by atoms with van der Waals surface area (Å²) in [6.07, 6.45) is 1.36. The number of hydrogen-bond acceptors (Lipinski definition) is 8. The van der Waals surface area contributed by atoms with E-state index in [9.17, 15) is 18.5 Å². The molecule has 2 aromatic carbocycles. The Morgan fingerprint density at radius 3 is 2.66 bits per heavy atom. The van der Waals surface area contributed by atoms with Crippen LogP contribution in [0, 0.1) is 10.1 Å². The number of nitro benzene ring substituents is 1. The normalized spacial score (nSPS) is 14.9. The Hall–Kier alpha value is -2.99. The molecule has 10 nitrogen and oxygen atoms in total. The molecule has 1 fully saturated rings. The highest BCUT2D eigenvalue weighted by molar-refractivity contribution is 7.89. The number of nitrogens with zero attached hydrogens (tertiary/aromatic N) is 3. The van der Waals surface area contributed by atoms with Gasteiger partial charge in [0.1, 0.15) is 18.6 Å². The quantitative estimate of drug-likeness (QED) is 0.372. The molecule has 1 aliphatic rings. The molecule has 2 heterocycles. The van der Waals surface area contributed by atoms with E-state index >= 15 is 0 Å². The number of benzene rings is 2. The van der Waals surface area contributed by atoms with E-state index in [0.717, 1.165) is 6.07 Å². The zero-order valence-corrected chi connectivity index (χ0v) is 18.2. The fourth-order valence-electron chi connectivity index (χ4n) is 3.14. The van der Waals surface area contributed by atoms with Gasteiger partial charge in [-0.3, -0.25) is 10.1 Å². The van der Waals surface area contributed by atoms with Crippen molar-refractivity contribution < 1.29 is 27.2 Å². The predicted molar refractivity (Wildman–Crippen MR) is 114 cm³/mol. The van der Waals surface area contributed by atoms with Crippen LogP contribution in [0.15, 0.2) is 58.0 Å². The van der Waals surface area contributed by atoms with Gasteiger partial charge in [-0.1, -0.05) is 23.7 Å². The molecule has 0 N–H and O–H groups in total. The maximum atomic E-state index is 12.8. The number of morpholine rings is 1. The zero-order valence-electron chi connectivity index (χ0n) is 16.6. The third-order valence-corrected chi connectivity index (χ3v) is 6.99. The number of hydrogen-bond donors (Lipinski definition) is 0. The Balaban J connectivity index is 1.53. The highest BCUT2D eigenvalue weighted by atomic mass is 35.5. The van der Waals surface area contributed by atoms with E-state index in [1.807, 2.05) is 0 Å². The van der Waals surface area contributed by atoms with Crippen molar-refractivity contribution in [2.45, 2.75) is 11.5 Å². The summed E-state index contributed by atoms with van der Waals surface area (Å²) in [4.78, 5) is 15.0. The molecule has 4 rings (SSSR count). The summed E-state index contributed by atoms with van der Waals surface area (Å²) >= 11 is 6.14. The van der Waals surface area contributed by atoms with Gasteiger partial charge in [0, 0.05) is 19.2 Å². The van der Waals surface area contributed by atoms with E-state index in [-0.39, 0.29) is 49.4 Å². The maximum absolute atomic E-state index is 12.8. The first kappa shape index (κ1) is 22.2. The summed E-state index contributed by atoms with van der Waals surface area (Å²) in [7, 11) is -3.88. The van der Waals surface area contributed by atoms with Crippen LogP contribution in [0.3, 0.4) is 0 Å². The lowest BCUT2D eigenvalue weighted by atomic mass is 10.2. The van der Waals surface area contributed by atoms with Crippen LogP contribution >= 0.6 is 11.6 Å². The first-order valence-electron chi connectivity index (χ1n) is 9.55. The minimum absolute atomic E-state index is 0.0850. The molecule has 168 valence electrons. The summed E-state index contributed by atoms with van der Waals surface area (Å²) in [6.45, 7) is 0.805. The van der Waals surface area contributed by atoms with E-state index in [1.54, 1.807) is 24.3 Å². The molecule has 0 unspecified atom stereocenters. The molecule has 12 heteroatoms. The number of rotatable bonds is 7. The van der Waals surface area contributed by atoms with Gasteiger partial charge in [0.15, 0.2) is 5.75 Å². The number of sulfonamides is 1. The number of nitro groups is 1. The second-order valence-electron chi connectivity index (χ2n) is 6.82. The highest BCUT2D eigenvalue weighted by Gasteiger charge is 2.29. The summed E-state index contributed by atoms with van der Waals surface area (Å²) in [6, 6.07) is 10.6. The van der Waals surface area contributed by atoms with Crippen LogP contribution in [-0.4, -0.2) is 48.9 Å². The van der Waals surface area contributed by atoms with Gasteiger partial charge in [-0.15, -0.1) is 0 Å². The van der Waals surface area contributed by atoms with Crippen molar-refractivity contribution in [3.63, 3.8) is 0 Å².